The van der Waals surface area contributed by atoms with Crippen LogP contribution in [0.2, 0.25) is 0 Å². The first kappa shape index (κ1) is 19.1. The number of carbonyl (C=O) groups is 1. The lowest BCUT2D eigenvalue weighted by atomic mass is 10.1. The van der Waals surface area contributed by atoms with Gasteiger partial charge in [0.05, 0.1) is 12.2 Å². The Morgan fingerprint density at radius 3 is 2.74 bits per heavy atom. The van der Waals surface area contributed by atoms with E-state index in [4.69, 9.17) is 9.84 Å². The molecule has 0 amide bonds. The number of nitrogens with zero attached hydrogens (tertiary/aromatic N) is 1. The van der Waals surface area contributed by atoms with Crippen LogP contribution in [0.25, 0.3) is 0 Å². The third-order valence-electron chi connectivity index (χ3n) is 3.72. The van der Waals surface area contributed by atoms with Gasteiger partial charge in [-0.15, -0.1) is 11.3 Å². The first-order valence-corrected chi connectivity index (χ1v) is 10.6. The predicted molar refractivity (Wildman–Crippen MR) is 102 cm³/mol. The number of ether oxygens (including phenoxy) is 1. The molecule has 0 aliphatic rings. The van der Waals surface area contributed by atoms with E-state index in [2.05, 4.69) is 4.98 Å². The molecule has 0 fully saturated rings. The average Bonchev–Trinajstić information content (AvgIpc) is 3.12. The van der Waals surface area contributed by atoms with Gasteiger partial charge >= 0.3 is 5.97 Å². The lowest BCUT2D eigenvalue weighted by Gasteiger charge is -2.13. The maximum atomic E-state index is 12.6. The summed E-state index contributed by atoms with van der Waals surface area (Å²) in [5, 5.41) is 10.5. The van der Waals surface area contributed by atoms with Crippen LogP contribution in [0.4, 0.5) is 0 Å². The largest absolute Gasteiger partial charge is 0.481 e. The van der Waals surface area contributed by atoms with Crippen LogP contribution in [-0.4, -0.2) is 24.5 Å². The third-order valence-corrected chi connectivity index (χ3v) is 6.66. The number of benzene rings is 2. The Balaban J connectivity index is 1.90. The van der Waals surface area contributed by atoms with E-state index in [-0.39, 0.29) is 16.5 Å². The van der Waals surface area contributed by atoms with Crippen molar-refractivity contribution in [3.8, 4) is 11.5 Å². The van der Waals surface area contributed by atoms with Crippen LogP contribution in [0, 0.1) is 6.92 Å². The number of thiazole rings is 1. The van der Waals surface area contributed by atoms with E-state index in [1.807, 2.05) is 13.0 Å². The molecule has 0 atom stereocenters. The smallest absolute Gasteiger partial charge is 0.307 e. The zero-order valence-corrected chi connectivity index (χ0v) is 16.1. The molecule has 1 aromatic heterocycles. The highest BCUT2D eigenvalue weighted by atomic mass is 32.2. The number of hydrogen-bond donors (Lipinski definition) is 1. The van der Waals surface area contributed by atoms with E-state index in [1.165, 1.54) is 6.20 Å². The van der Waals surface area contributed by atoms with Crippen molar-refractivity contribution in [2.45, 2.75) is 23.4 Å². The molecule has 0 saturated carbocycles. The summed E-state index contributed by atoms with van der Waals surface area (Å²) in [7, 11) is -3.58. The summed E-state index contributed by atoms with van der Waals surface area (Å²) in [4.78, 5) is 14.8. The average molecular weight is 403 g/mol. The van der Waals surface area contributed by atoms with Gasteiger partial charge < -0.3 is 9.84 Å². The maximum absolute atomic E-state index is 12.6. The minimum atomic E-state index is -3.58. The highest BCUT2D eigenvalue weighted by molar-refractivity contribution is 7.92. The second kappa shape index (κ2) is 7.89. The summed E-state index contributed by atoms with van der Waals surface area (Å²) in [6.07, 6.45) is 1.34. The molecule has 0 aliphatic carbocycles. The van der Waals surface area contributed by atoms with Crippen LogP contribution < -0.4 is 4.74 Å². The van der Waals surface area contributed by atoms with Crippen molar-refractivity contribution >= 4 is 27.1 Å². The summed E-state index contributed by atoms with van der Waals surface area (Å²) in [5.74, 6) is -0.303. The van der Waals surface area contributed by atoms with E-state index in [1.54, 1.807) is 41.8 Å². The molecule has 0 saturated heterocycles. The number of carboxylic acids is 1. The van der Waals surface area contributed by atoms with Gasteiger partial charge in [-0.05, 0) is 30.7 Å². The van der Waals surface area contributed by atoms with Crippen LogP contribution in [0.3, 0.4) is 0 Å². The monoisotopic (exact) mass is 403 g/mol. The molecule has 27 heavy (non-hydrogen) atoms. The summed E-state index contributed by atoms with van der Waals surface area (Å²) < 4.78 is 31.1. The van der Waals surface area contributed by atoms with E-state index in [0.717, 1.165) is 16.9 Å². The lowest BCUT2D eigenvalue weighted by molar-refractivity contribution is -0.136. The predicted octanol–water partition coefficient (Wildman–Crippen LogP) is 3.84. The quantitative estimate of drug-likeness (QED) is 0.644. The molecule has 0 unspecified atom stereocenters. The van der Waals surface area contributed by atoms with Gasteiger partial charge in [0.15, 0.2) is 0 Å². The van der Waals surface area contributed by atoms with Gasteiger partial charge in [0.25, 0.3) is 0 Å². The molecule has 0 aliphatic heterocycles. The van der Waals surface area contributed by atoms with Crippen LogP contribution in [-0.2, 0) is 26.8 Å². The zero-order chi connectivity index (χ0) is 19.4. The van der Waals surface area contributed by atoms with Crippen molar-refractivity contribution in [1.82, 2.24) is 4.98 Å². The van der Waals surface area contributed by atoms with Gasteiger partial charge in [-0.2, -0.15) is 0 Å². The van der Waals surface area contributed by atoms with Gasteiger partial charge in [0.2, 0.25) is 14.2 Å². The molecular weight excluding hydrogens is 386 g/mol. The molecule has 0 bridgehead atoms. The number of aryl methyl sites for hydroxylation is 1. The Labute approximate surface area is 161 Å². The van der Waals surface area contributed by atoms with E-state index in [0.29, 0.717) is 22.6 Å². The summed E-state index contributed by atoms with van der Waals surface area (Å²) in [6, 6.07) is 12.0. The van der Waals surface area contributed by atoms with Gasteiger partial charge in [0, 0.05) is 17.1 Å². The third kappa shape index (κ3) is 4.93. The Hall–Kier alpha value is -2.71. The first-order valence-electron chi connectivity index (χ1n) is 8.04. The molecule has 3 rings (SSSR count). The van der Waals surface area contributed by atoms with Crippen LogP contribution in [0.1, 0.15) is 16.7 Å². The van der Waals surface area contributed by atoms with Gasteiger partial charge in [-0.25, -0.2) is 13.4 Å². The number of sulfone groups is 1. The molecule has 6 nitrogen and oxygen atoms in total. The highest BCUT2D eigenvalue weighted by Crippen LogP contribution is 2.30. The molecule has 1 N–H and O–H groups in total. The van der Waals surface area contributed by atoms with Crippen LogP contribution in [0.15, 0.2) is 58.4 Å². The number of aliphatic carboxylic acids is 1. The lowest BCUT2D eigenvalue weighted by Crippen LogP contribution is -2.06. The number of rotatable bonds is 7. The number of aromatic nitrogens is 1. The SMILES string of the molecule is Cc1ccc(Oc2cccc(CC(=O)O)c2)c(CS(=O)(=O)c2nccs2)c1. The van der Waals surface area contributed by atoms with Crippen LogP contribution >= 0.6 is 11.3 Å². The fraction of sp³-hybridized carbons (Fsp3) is 0.158. The molecule has 0 radical (unpaired) electrons. The minimum Gasteiger partial charge on any atom is -0.481 e. The fourth-order valence-electron chi connectivity index (χ4n) is 2.57. The topological polar surface area (TPSA) is 93.6 Å². The maximum Gasteiger partial charge on any atom is 0.307 e. The normalized spacial score (nSPS) is 11.3. The molecule has 140 valence electrons. The molecule has 2 aromatic carbocycles. The summed E-state index contributed by atoms with van der Waals surface area (Å²) in [6.45, 7) is 1.87. The second-order valence-corrected chi connectivity index (χ2v) is 9.05. The van der Waals surface area contributed by atoms with Crippen molar-refractivity contribution < 1.29 is 23.1 Å². The molecule has 1 heterocycles. The van der Waals surface area contributed by atoms with Gasteiger partial charge in [0.1, 0.15) is 11.5 Å². The molecule has 8 heteroatoms. The van der Waals surface area contributed by atoms with Gasteiger partial charge in [-0.3, -0.25) is 4.79 Å². The van der Waals surface area contributed by atoms with Crippen molar-refractivity contribution in [1.29, 1.82) is 0 Å². The zero-order valence-electron chi connectivity index (χ0n) is 14.5. The minimum absolute atomic E-state index is 0.0680. The summed E-state index contributed by atoms with van der Waals surface area (Å²) >= 11 is 1.08. The standard InChI is InChI=1S/C19H17NO5S2/c1-13-5-6-17(25-16-4-2-3-14(10-16)11-18(21)22)15(9-13)12-27(23,24)19-20-7-8-26-19/h2-10H,11-12H2,1H3,(H,21,22). The van der Waals surface area contributed by atoms with Crippen molar-refractivity contribution in [2.24, 2.45) is 0 Å². The molecule has 3 aromatic rings. The Kier molecular flexibility index (Phi) is 5.57. The van der Waals surface area contributed by atoms with Crippen molar-refractivity contribution in [2.75, 3.05) is 0 Å². The summed E-state index contributed by atoms with van der Waals surface area (Å²) in [5.41, 5.74) is 2.03. The fourth-order valence-corrected chi connectivity index (χ4v) is 4.84. The first-order chi connectivity index (χ1) is 12.8. The Morgan fingerprint density at radius 1 is 1.22 bits per heavy atom. The molecule has 0 spiro atoms. The highest BCUT2D eigenvalue weighted by Gasteiger charge is 2.21. The Bertz CT molecular complexity index is 1060. The van der Waals surface area contributed by atoms with E-state index < -0.39 is 15.8 Å². The molecular formula is C19H17NO5S2. The van der Waals surface area contributed by atoms with Gasteiger partial charge in [-0.1, -0.05) is 29.8 Å². The van der Waals surface area contributed by atoms with Crippen LogP contribution in [0.5, 0.6) is 11.5 Å². The van der Waals surface area contributed by atoms with E-state index >= 15 is 0 Å². The van der Waals surface area contributed by atoms with E-state index in [9.17, 15) is 13.2 Å². The number of hydrogen-bond acceptors (Lipinski definition) is 6. The second-order valence-electron chi connectivity index (χ2n) is 5.99. The van der Waals surface area contributed by atoms with Crippen molar-refractivity contribution in [3.63, 3.8) is 0 Å². The Morgan fingerprint density at radius 2 is 2.04 bits per heavy atom. The van der Waals surface area contributed by atoms with Crippen molar-refractivity contribution in [3.05, 3.63) is 70.7 Å². The number of carboxylic acid groups (broad SMARTS) is 1.